The molecule has 158 valence electrons. The van der Waals surface area contributed by atoms with E-state index in [4.69, 9.17) is 4.74 Å². The summed E-state index contributed by atoms with van der Waals surface area (Å²) >= 11 is 1.20. The number of para-hydroxylation sites is 2. The second-order valence-electron chi connectivity index (χ2n) is 7.13. The Balaban J connectivity index is 1.45. The van der Waals surface area contributed by atoms with E-state index in [-0.39, 0.29) is 24.2 Å². The number of hydrogen-bond acceptors (Lipinski definition) is 5. The third kappa shape index (κ3) is 4.49. The summed E-state index contributed by atoms with van der Waals surface area (Å²) in [5.74, 6) is -1.55. The van der Waals surface area contributed by atoms with E-state index in [0.717, 1.165) is 10.4 Å². The molecule has 0 bridgehead atoms. The average molecular weight is 438 g/mol. The molecule has 6 nitrogen and oxygen atoms in total. The maximum absolute atomic E-state index is 13.1. The summed E-state index contributed by atoms with van der Waals surface area (Å²) in [4.78, 5) is 40.0. The topological polar surface area (TPSA) is 75.7 Å². The van der Waals surface area contributed by atoms with E-state index in [9.17, 15) is 18.8 Å². The molecule has 2 heterocycles. The lowest BCUT2D eigenvalue weighted by Crippen LogP contribution is -2.41. The first-order chi connectivity index (χ1) is 14.9. The zero-order chi connectivity index (χ0) is 22.0. The third-order valence-corrected chi connectivity index (χ3v) is 6.00. The number of hydrogen-bond donors (Lipinski definition) is 1. The Bertz CT molecular complexity index is 1140. The fourth-order valence-electron chi connectivity index (χ4n) is 3.45. The van der Waals surface area contributed by atoms with Gasteiger partial charge in [0.25, 0.3) is 5.91 Å². The summed E-state index contributed by atoms with van der Waals surface area (Å²) in [6.07, 6.45) is 0.139. The number of amides is 2. The summed E-state index contributed by atoms with van der Waals surface area (Å²) in [7, 11) is 0. The van der Waals surface area contributed by atoms with Crippen molar-refractivity contribution in [2.75, 3.05) is 16.8 Å². The number of benzene rings is 2. The standard InChI is InChI=1S/C23H19FN2O4S/c1-14-12-21(27)25-17-4-2-3-5-18(17)26(14)22(28)13-30-23(29)20-11-10-19(31-20)15-6-8-16(24)9-7-15/h2-11,14H,12-13H2,1H3,(H,25,27). The number of anilines is 2. The summed E-state index contributed by atoms with van der Waals surface area (Å²) in [6, 6.07) is 16.0. The Morgan fingerprint density at radius 3 is 2.65 bits per heavy atom. The van der Waals surface area contributed by atoms with Gasteiger partial charge in [-0.1, -0.05) is 24.3 Å². The van der Waals surface area contributed by atoms with Crippen LogP contribution >= 0.6 is 11.3 Å². The normalized spacial score (nSPS) is 15.6. The van der Waals surface area contributed by atoms with E-state index >= 15 is 0 Å². The summed E-state index contributed by atoms with van der Waals surface area (Å²) in [5, 5.41) is 2.79. The second kappa shape index (κ2) is 8.69. The zero-order valence-electron chi connectivity index (χ0n) is 16.6. The van der Waals surface area contributed by atoms with Crippen molar-refractivity contribution in [3.63, 3.8) is 0 Å². The van der Waals surface area contributed by atoms with Gasteiger partial charge in [-0.05, 0) is 48.9 Å². The molecule has 0 radical (unpaired) electrons. The highest BCUT2D eigenvalue weighted by molar-refractivity contribution is 7.17. The van der Waals surface area contributed by atoms with Gasteiger partial charge in [0.2, 0.25) is 5.91 Å². The molecule has 1 atom stereocenters. The molecule has 31 heavy (non-hydrogen) atoms. The predicted octanol–water partition coefficient (Wildman–Crippen LogP) is 4.47. The minimum absolute atomic E-state index is 0.139. The lowest BCUT2D eigenvalue weighted by atomic mass is 10.1. The second-order valence-corrected chi connectivity index (χ2v) is 8.21. The maximum Gasteiger partial charge on any atom is 0.348 e. The molecule has 1 aromatic heterocycles. The highest BCUT2D eigenvalue weighted by Gasteiger charge is 2.30. The van der Waals surface area contributed by atoms with Gasteiger partial charge in [0.15, 0.2) is 6.61 Å². The van der Waals surface area contributed by atoms with Crippen molar-refractivity contribution in [3.8, 4) is 10.4 Å². The molecule has 0 spiro atoms. The fraction of sp³-hybridized carbons (Fsp3) is 0.174. The van der Waals surface area contributed by atoms with Crippen LogP contribution in [-0.2, 0) is 14.3 Å². The van der Waals surface area contributed by atoms with Crippen molar-refractivity contribution in [1.29, 1.82) is 0 Å². The number of halogens is 1. The molecule has 1 aliphatic rings. The third-order valence-electron chi connectivity index (χ3n) is 4.89. The van der Waals surface area contributed by atoms with Crippen LogP contribution in [0.4, 0.5) is 15.8 Å². The van der Waals surface area contributed by atoms with Gasteiger partial charge < -0.3 is 15.0 Å². The van der Waals surface area contributed by atoms with Crippen LogP contribution in [0.5, 0.6) is 0 Å². The van der Waals surface area contributed by atoms with E-state index in [1.165, 1.54) is 28.4 Å². The van der Waals surface area contributed by atoms with Gasteiger partial charge in [0.05, 0.1) is 11.4 Å². The van der Waals surface area contributed by atoms with Crippen molar-refractivity contribution >= 4 is 40.5 Å². The van der Waals surface area contributed by atoms with Crippen molar-refractivity contribution in [1.82, 2.24) is 0 Å². The molecule has 0 fully saturated rings. The molecule has 0 saturated heterocycles. The molecule has 2 amide bonds. The van der Waals surface area contributed by atoms with Crippen LogP contribution in [0.25, 0.3) is 10.4 Å². The minimum Gasteiger partial charge on any atom is -0.451 e. The molecular weight excluding hydrogens is 419 g/mol. The van der Waals surface area contributed by atoms with Crippen molar-refractivity contribution < 1.29 is 23.5 Å². The Kier molecular flexibility index (Phi) is 5.81. The van der Waals surface area contributed by atoms with Gasteiger partial charge in [-0.2, -0.15) is 0 Å². The highest BCUT2D eigenvalue weighted by atomic mass is 32.1. The van der Waals surface area contributed by atoms with Crippen LogP contribution in [0.15, 0.2) is 60.7 Å². The van der Waals surface area contributed by atoms with Gasteiger partial charge in [-0.15, -0.1) is 11.3 Å². The minimum atomic E-state index is -0.614. The van der Waals surface area contributed by atoms with E-state index in [2.05, 4.69) is 5.32 Å². The lowest BCUT2D eigenvalue weighted by Gasteiger charge is -2.27. The Labute approximate surface area is 182 Å². The number of fused-ring (bicyclic) bond motifs is 1. The number of esters is 1. The highest BCUT2D eigenvalue weighted by Crippen LogP contribution is 2.32. The smallest absolute Gasteiger partial charge is 0.348 e. The van der Waals surface area contributed by atoms with Gasteiger partial charge in [-0.3, -0.25) is 9.59 Å². The lowest BCUT2D eigenvalue weighted by molar-refractivity contribution is -0.122. The predicted molar refractivity (Wildman–Crippen MR) is 117 cm³/mol. The van der Waals surface area contributed by atoms with Crippen molar-refractivity contribution in [2.45, 2.75) is 19.4 Å². The van der Waals surface area contributed by atoms with E-state index < -0.39 is 18.5 Å². The zero-order valence-corrected chi connectivity index (χ0v) is 17.4. The first-order valence-corrected chi connectivity index (χ1v) is 10.5. The molecule has 2 aromatic carbocycles. The monoisotopic (exact) mass is 438 g/mol. The van der Waals surface area contributed by atoms with Gasteiger partial charge >= 0.3 is 5.97 Å². The van der Waals surface area contributed by atoms with Crippen molar-refractivity contribution in [2.24, 2.45) is 0 Å². The number of carbonyl (C=O) groups is 3. The van der Waals surface area contributed by atoms with E-state index in [1.54, 1.807) is 55.5 Å². The van der Waals surface area contributed by atoms with E-state index in [1.807, 2.05) is 0 Å². The molecule has 4 rings (SSSR count). The van der Waals surface area contributed by atoms with Crippen molar-refractivity contribution in [3.05, 3.63) is 71.4 Å². The van der Waals surface area contributed by atoms with Crippen LogP contribution in [0.2, 0.25) is 0 Å². The van der Waals surface area contributed by atoms with Gasteiger partial charge in [0, 0.05) is 17.3 Å². The number of rotatable bonds is 4. The average Bonchev–Trinajstić information content (AvgIpc) is 3.19. The molecule has 0 aliphatic carbocycles. The first-order valence-electron chi connectivity index (χ1n) is 9.66. The first kappa shape index (κ1) is 20.7. The summed E-state index contributed by atoms with van der Waals surface area (Å²) < 4.78 is 18.4. The molecule has 0 saturated carbocycles. The number of ether oxygens (including phenoxy) is 1. The molecule has 1 N–H and O–H groups in total. The van der Waals surface area contributed by atoms with Crippen LogP contribution in [0.1, 0.15) is 23.0 Å². The SMILES string of the molecule is CC1CC(=O)Nc2ccccc2N1C(=O)COC(=O)c1ccc(-c2ccc(F)cc2)s1. The van der Waals surface area contributed by atoms with Gasteiger partial charge in [0.1, 0.15) is 10.7 Å². The van der Waals surface area contributed by atoms with E-state index in [0.29, 0.717) is 16.3 Å². The number of nitrogens with zero attached hydrogens (tertiary/aromatic N) is 1. The molecule has 1 unspecified atom stereocenters. The van der Waals surface area contributed by atoms with Crippen LogP contribution in [0, 0.1) is 5.82 Å². The fourth-order valence-corrected chi connectivity index (χ4v) is 4.36. The Hall–Kier alpha value is -3.52. The molecular formula is C23H19FN2O4S. The number of nitrogens with one attached hydrogen (secondary N) is 1. The quantitative estimate of drug-likeness (QED) is 0.610. The number of thiophene rings is 1. The molecule has 8 heteroatoms. The molecule has 3 aromatic rings. The number of carbonyl (C=O) groups excluding carboxylic acids is 3. The Morgan fingerprint density at radius 2 is 1.87 bits per heavy atom. The van der Waals surface area contributed by atoms with Gasteiger partial charge in [-0.25, -0.2) is 9.18 Å². The maximum atomic E-state index is 13.1. The molecule has 1 aliphatic heterocycles. The van der Waals surface area contributed by atoms with Crippen LogP contribution < -0.4 is 10.2 Å². The largest absolute Gasteiger partial charge is 0.451 e. The van der Waals surface area contributed by atoms with Crippen LogP contribution in [-0.4, -0.2) is 30.4 Å². The Morgan fingerprint density at radius 1 is 1.13 bits per heavy atom. The van der Waals surface area contributed by atoms with Crippen LogP contribution in [0.3, 0.4) is 0 Å². The summed E-state index contributed by atoms with van der Waals surface area (Å²) in [5.41, 5.74) is 1.89. The summed E-state index contributed by atoms with van der Waals surface area (Å²) in [6.45, 7) is 1.32.